The van der Waals surface area contributed by atoms with E-state index in [1.165, 1.54) is 16.7 Å². The number of thiocarbonyl (C=S) groups is 1. The number of amides is 2. The van der Waals surface area contributed by atoms with Gasteiger partial charge in [0.05, 0.1) is 4.91 Å². The van der Waals surface area contributed by atoms with Crippen molar-refractivity contribution in [3.05, 3.63) is 40.3 Å². The maximum atomic E-state index is 12.6. The van der Waals surface area contributed by atoms with Gasteiger partial charge in [0.1, 0.15) is 10.4 Å². The Hall–Kier alpha value is -2.19. The highest BCUT2D eigenvalue weighted by Crippen LogP contribution is 2.32. The van der Waals surface area contributed by atoms with Gasteiger partial charge in [-0.15, -0.1) is 0 Å². The van der Waals surface area contributed by atoms with E-state index in [2.05, 4.69) is 5.32 Å². The summed E-state index contributed by atoms with van der Waals surface area (Å²) in [6.45, 7) is 4.08. The summed E-state index contributed by atoms with van der Waals surface area (Å²) in [6, 6.07) is 6.89. The maximum Gasteiger partial charge on any atom is 0.326 e. The van der Waals surface area contributed by atoms with E-state index < -0.39 is 17.9 Å². The highest BCUT2D eigenvalue weighted by Gasteiger charge is 2.32. The van der Waals surface area contributed by atoms with Crippen molar-refractivity contribution in [3.8, 4) is 0 Å². The van der Waals surface area contributed by atoms with Crippen molar-refractivity contribution in [2.24, 2.45) is 0 Å². The quantitative estimate of drug-likeness (QED) is 0.471. The molecular formula is C20H24N2O4S2. The van der Waals surface area contributed by atoms with E-state index in [4.69, 9.17) is 12.2 Å². The summed E-state index contributed by atoms with van der Waals surface area (Å²) in [6.07, 6.45) is 3.74. The molecular weight excluding hydrogens is 396 g/mol. The first-order valence-electron chi connectivity index (χ1n) is 9.16. The average molecular weight is 421 g/mol. The molecule has 1 saturated heterocycles. The molecule has 0 aromatic heterocycles. The Labute approximate surface area is 174 Å². The fourth-order valence-corrected chi connectivity index (χ4v) is 3.96. The largest absolute Gasteiger partial charge is 0.480 e. The molecule has 1 aliphatic heterocycles. The first kappa shape index (κ1) is 22.1. The normalized spacial score (nSPS) is 16.5. The number of nitrogens with zero attached hydrogens (tertiary/aromatic N) is 1. The first-order valence-corrected chi connectivity index (χ1v) is 10.4. The van der Waals surface area contributed by atoms with Crippen molar-refractivity contribution >= 4 is 52.2 Å². The SMILES string of the molecule is CCCC[C@H](NC(=O)CCN1C(=O)/C(=C\c2ccc(C)cc2)SC1=S)C(=O)O. The van der Waals surface area contributed by atoms with Crippen molar-refractivity contribution < 1.29 is 19.5 Å². The number of benzene rings is 1. The molecule has 0 spiro atoms. The smallest absolute Gasteiger partial charge is 0.326 e. The van der Waals surface area contributed by atoms with Crippen LogP contribution in [0.3, 0.4) is 0 Å². The molecule has 1 atom stereocenters. The van der Waals surface area contributed by atoms with Crippen molar-refractivity contribution in [3.63, 3.8) is 0 Å². The van der Waals surface area contributed by atoms with Gasteiger partial charge in [-0.1, -0.05) is 73.6 Å². The number of carbonyl (C=O) groups is 3. The lowest BCUT2D eigenvalue weighted by Gasteiger charge is -2.17. The Kier molecular flexibility index (Phi) is 8.19. The first-order chi connectivity index (χ1) is 13.3. The topological polar surface area (TPSA) is 86.7 Å². The number of nitrogens with one attached hydrogen (secondary N) is 1. The third-order valence-electron chi connectivity index (χ3n) is 4.29. The van der Waals surface area contributed by atoms with Crippen molar-refractivity contribution in [2.75, 3.05) is 6.54 Å². The molecule has 2 amide bonds. The van der Waals surface area contributed by atoms with Crippen LogP contribution in [0.4, 0.5) is 0 Å². The van der Waals surface area contributed by atoms with Gasteiger partial charge in [-0.3, -0.25) is 14.5 Å². The zero-order valence-electron chi connectivity index (χ0n) is 15.9. The molecule has 6 nitrogen and oxygen atoms in total. The Morgan fingerprint density at radius 3 is 2.61 bits per heavy atom. The summed E-state index contributed by atoms with van der Waals surface area (Å²) >= 11 is 6.48. The van der Waals surface area contributed by atoms with Gasteiger partial charge in [-0.05, 0) is 25.0 Å². The minimum atomic E-state index is -1.05. The van der Waals surface area contributed by atoms with Crippen LogP contribution >= 0.6 is 24.0 Å². The molecule has 0 radical (unpaired) electrons. The second-order valence-corrected chi connectivity index (χ2v) is 8.27. The molecule has 8 heteroatoms. The molecule has 1 fully saturated rings. The average Bonchev–Trinajstić information content (AvgIpc) is 2.91. The van der Waals surface area contributed by atoms with Crippen LogP contribution in [0.15, 0.2) is 29.2 Å². The van der Waals surface area contributed by atoms with Crippen molar-refractivity contribution in [2.45, 2.75) is 45.6 Å². The number of carbonyl (C=O) groups excluding carboxylic acids is 2. The number of aliphatic carboxylic acids is 1. The van der Waals surface area contributed by atoms with E-state index in [9.17, 15) is 19.5 Å². The van der Waals surface area contributed by atoms with Gasteiger partial charge in [0, 0.05) is 13.0 Å². The fourth-order valence-electron chi connectivity index (χ4n) is 2.65. The third kappa shape index (κ3) is 6.17. The predicted molar refractivity (Wildman–Crippen MR) is 115 cm³/mol. The van der Waals surface area contributed by atoms with E-state index >= 15 is 0 Å². The van der Waals surface area contributed by atoms with Gasteiger partial charge in [0.15, 0.2) is 0 Å². The summed E-state index contributed by atoms with van der Waals surface area (Å²) in [4.78, 5) is 37.9. The van der Waals surface area contributed by atoms with Gasteiger partial charge >= 0.3 is 5.97 Å². The highest BCUT2D eigenvalue weighted by atomic mass is 32.2. The molecule has 28 heavy (non-hydrogen) atoms. The number of thioether (sulfide) groups is 1. The molecule has 1 aliphatic rings. The Balaban J connectivity index is 1.94. The second-order valence-electron chi connectivity index (χ2n) is 6.59. The van der Waals surface area contributed by atoms with Crippen LogP contribution < -0.4 is 5.32 Å². The minimum absolute atomic E-state index is 0.000155. The maximum absolute atomic E-state index is 12.6. The molecule has 1 aromatic rings. The number of aryl methyl sites for hydroxylation is 1. The molecule has 1 heterocycles. The van der Waals surface area contributed by atoms with Crippen LogP contribution in [0, 0.1) is 6.92 Å². The predicted octanol–water partition coefficient (Wildman–Crippen LogP) is 3.35. The van der Waals surface area contributed by atoms with Crippen molar-refractivity contribution in [1.29, 1.82) is 0 Å². The fraction of sp³-hybridized carbons (Fsp3) is 0.400. The van der Waals surface area contributed by atoms with Crippen molar-refractivity contribution in [1.82, 2.24) is 10.2 Å². The summed E-state index contributed by atoms with van der Waals surface area (Å²) in [5, 5.41) is 11.7. The number of carboxylic acid groups (broad SMARTS) is 1. The lowest BCUT2D eigenvalue weighted by molar-refractivity contribution is -0.142. The summed E-state index contributed by atoms with van der Waals surface area (Å²) < 4.78 is 0.400. The van der Waals surface area contributed by atoms with Gasteiger partial charge < -0.3 is 10.4 Å². The molecule has 150 valence electrons. The lowest BCUT2D eigenvalue weighted by atomic mass is 10.1. The number of rotatable bonds is 9. The standard InChI is InChI=1S/C20H24N2O4S2/c1-3-4-5-15(19(25)26)21-17(23)10-11-22-18(24)16(28-20(22)27)12-14-8-6-13(2)7-9-14/h6-9,12,15H,3-5,10-11H2,1-2H3,(H,21,23)(H,25,26)/b16-12+/t15-/m0/s1. The third-order valence-corrected chi connectivity index (χ3v) is 5.67. The van der Waals surface area contributed by atoms with Crippen LogP contribution in [0.2, 0.25) is 0 Å². The minimum Gasteiger partial charge on any atom is -0.480 e. The van der Waals surface area contributed by atoms with Crippen LogP contribution in [0.25, 0.3) is 6.08 Å². The molecule has 0 unspecified atom stereocenters. The number of hydrogen-bond donors (Lipinski definition) is 2. The monoisotopic (exact) mass is 420 g/mol. The summed E-state index contributed by atoms with van der Waals surface area (Å²) in [7, 11) is 0. The second kappa shape index (κ2) is 10.4. The van der Waals surface area contributed by atoms with E-state index in [-0.39, 0.29) is 18.9 Å². The van der Waals surface area contributed by atoms with Crippen LogP contribution in [-0.4, -0.2) is 44.7 Å². The molecule has 2 rings (SSSR count). The Morgan fingerprint density at radius 1 is 1.32 bits per heavy atom. The van der Waals surface area contributed by atoms with Gasteiger partial charge in [-0.2, -0.15) is 0 Å². The lowest BCUT2D eigenvalue weighted by Crippen LogP contribution is -2.42. The van der Waals surface area contributed by atoms with E-state index in [0.29, 0.717) is 15.6 Å². The van der Waals surface area contributed by atoms with Gasteiger partial charge in [-0.25, -0.2) is 4.79 Å². The number of carboxylic acids is 1. The van der Waals surface area contributed by atoms with Gasteiger partial charge in [0.25, 0.3) is 5.91 Å². The van der Waals surface area contributed by atoms with E-state index in [1.807, 2.05) is 38.1 Å². The zero-order chi connectivity index (χ0) is 20.7. The van der Waals surface area contributed by atoms with Crippen LogP contribution in [0.5, 0.6) is 0 Å². The molecule has 0 bridgehead atoms. The molecule has 2 N–H and O–H groups in total. The van der Waals surface area contributed by atoms with Gasteiger partial charge in [0.2, 0.25) is 5.91 Å². The molecule has 0 saturated carbocycles. The van der Waals surface area contributed by atoms with E-state index in [0.717, 1.165) is 24.0 Å². The number of unbranched alkanes of at least 4 members (excludes halogenated alkanes) is 1. The Bertz CT molecular complexity index is 790. The zero-order valence-corrected chi connectivity index (χ0v) is 17.6. The molecule has 0 aliphatic carbocycles. The van der Waals surface area contributed by atoms with Crippen LogP contribution in [0.1, 0.15) is 43.7 Å². The number of hydrogen-bond acceptors (Lipinski definition) is 5. The Morgan fingerprint density at radius 2 is 2.00 bits per heavy atom. The van der Waals surface area contributed by atoms with Crippen LogP contribution in [-0.2, 0) is 14.4 Å². The van der Waals surface area contributed by atoms with E-state index in [1.54, 1.807) is 6.08 Å². The highest BCUT2D eigenvalue weighted by molar-refractivity contribution is 8.26. The molecule has 1 aromatic carbocycles. The summed E-state index contributed by atoms with van der Waals surface area (Å²) in [5.74, 6) is -1.68. The summed E-state index contributed by atoms with van der Waals surface area (Å²) in [5.41, 5.74) is 2.04.